The van der Waals surface area contributed by atoms with E-state index < -0.39 is 0 Å². The highest BCUT2D eigenvalue weighted by Crippen LogP contribution is 2.32. The molecule has 124 valence electrons. The lowest BCUT2D eigenvalue weighted by Crippen LogP contribution is -2.23. The SMILES string of the molecule is Brc1ccc(Cc2noc([C@@H]3CCCN3Cc3ccn[nH]3)n2)cc1. The molecule has 0 saturated carbocycles. The van der Waals surface area contributed by atoms with Crippen molar-refractivity contribution in [2.75, 3.05) is 6.54 Å². The van der Waals surface area contributed by atoms with Crippen molar-refractivity contribution in [3.8, 4) is 0 Å². The van der Waals surface area contributed by atoms with E-state index >= 15 is 0 Å². The summed E-state index contributed by atoms with van der Waals surface area (Å²) in [7, 11) is 0. The van der Waals surface area contributed by atoms with Crippen molar-refractivity contribution in [2.24, 2.45) is 0 Å². The highest BCUT2D eigenvalue weighted by atomic mass is 79.9. The number of rotatable bonds is 5. The van der Waals surface area contributed by atoms with Crippen molar-refractivity contribution < 1.29 is 4.52 Å². The van der Waals surface area contributed by atoms with Crippen LogP contribution in [0.1, 0.15) is 41.9 Å². The van der Waals surface area contributed by atoms with Crippen LogP contribution >= 0.6 is 15.9 Å². The van der Waals surface area contributed by atoms with Crippen LogP contribution in [-0.4, -0.2) is 31.8 Å². The van der Waals surface area contributed by atoms with Gasteiger partial charge in [0.25, 0.3) is 0 Å². The van der Waals surface area contributed by atoms with Crippen LogP contribution in [0.4, 0.5) is 0 Å². The molecule has 1 N–H and O–H groups in total. The fourth-order valence-corrected chi connectivity index (χ4v) is 3.41. The summed E-state index contributed by atoms with van der Waals surface area (Å²) in [5.74, 6) is 1.46. The molecule has 0 bridgehead atoms. The lowest BCUT2D eigenvalue weighted by atomic mass is 10.1. The fraction of sp³-hybridized carbons (Fsp3) is 0.353. The van der Waals surface area contributed by atoms with E-state index in [0.717, 1.165) is 47.8 Å². The van der Waals surface area contributed by atoms with Crippen LogP contribution in [0, 0.1) is 0 Å². The van der Waals surface area contributed by atoms with Crippen LogP contribution in [0.5, 0.6) is 0 Å². The monoisotopic (exact) mass is 387 g/mol. The Morgan fingerprint density at radius 1 is 1.25 bits per heavy atom. The summed E-state index contributed by atoms with van der Waals surface area (Å²) in [5, 5.41) is 11.2. The van der Waals surface area contributed by atoms with Gasteiger partial charge in [-0.25, -0.2) is 0 Å². The van der Waals surface area contributed by atoms with Gasteiger partial charge < -0.3 is 4.52 Å². The lowest BCUT2D eigenvalue weighted by Gasteiger charge is -2.20. The van der Waals surface area contributed by atoms with Crippen LogP contribution in [0.25, 0.3) is 0 Å². The molecule has 0 amide bonds. The van der Waals surface area contributed by atoms with Gasteiger partial charge in [-0.05, 0) is 43.1 Å². The standard InChI is InChI=1S/C17H18BrN5O/c18-13-5-3-12(4-6-13)10-16-20-17(24-22-16)15-2-1-9-23(15)11-14-7-8-19-21-14/h3-8,15H,1-2,9-11H2,(H,19,21)/t15-/m0/s1. The van der Waals surface area contributed by atoms with E-state index in [0.29, 0.717) is 6.42 Å². The maximum Gasteiger partial charge on any atom is 0.244 e. The van der Waals surface area contributed by atoms with Gasteiger partial charge in [0.1, 0.15) is 0 Å². The minimum Gasteiger partial charge on any atom is -0.338 e. The first-order chi connectivity index (χ1) is 11.8. The third-order valence-corrected chi connectivity index (χ3v) is 4.87. The molecule has 1 aliphatic heterocycles. The average molecular weight is 388 g/mol. The first-order valence-corrected chi connectivity index (χ1v) is 8.86. The average Bonchev–Trinajstić information content (AvgIpc) is 3.32. The molecule has 7 heteroatoms. The molecule has 1 saturated heterocycles. The van der Waals surface area contributed by atoms with Crippen molar-refractivity contribution in [3.05, 3.63) is 64.0 Å². The number of nitrogens with one attached hydrogen (secondary N) is 1. The molecule has 1 aromatic carbocycles. The molecular formula is C17H18BrN5O. The summed E-state index contributed by atoms with van der Waals surface area (Å²) in [6.45, 7) is 1.86. The first-order valence-electron chi connectivity index (χ1n) is 8.07. The lowest BCUT2D eigenvalue weighted by molar-refractivity contribution is 0.199. The van der Waals surface area contributed by atoms with Crippen molar-refractivity contribution in [2.45, 2.75) is 31.8 Å². The third-order valence-electron chi connectivity index (χ3n) is 4.34. The number of hydrogen-bond acceptors (Lipinski definition) is 5. The summed E-state index contributed by atoms with van der Waals surface area (Å²) in [5.41, 5.74) is 2.28. The van der Waals surface area contributed by atoms with Gasteiger partial charge in [0.05, 0.1) is 6.04 Å². The third kappa shape index (κ3) is 3.42. The van der Waals surface area contributed by atoms with E-state index in [1.54, 1.807) is 6.20 Å². The van der Waals surface area contributed by atoms with Crippen LogP contribution in [0.2, 0.25) is 0 Å². The number of hydrogen-bond donors (Lipinski definition) is 1. The summed E-state index contributed by atoms with van der Waals surface area (Å²) in [4.78, 5) is 7.00. The molecule has 1 atom stereocenters. The molecular weight excluding hydrogens is 370 g/mol. The first kappa shape index (κ1) is 15.5. The smallest absolute Gasteiger partial charge is 0.244 e. The number of halogens is 1. The Morgan fingerprint density at radius 3 is 2.92 bits per heavy atom. The molecule has 6 nitrogen and oxygen atoms in total. The van der Waals surface area contributed by atoms with Gasteiger partial charge in [-0.2, -0.15) is 10.1 Å². The topological polar surface area (TPSA) is 70.8 Å². The quantitative estimate of drug-likeness (QED) is 0.725. The number of nitrogens with zero attached hydrogens (tertiary/aromatic N) is 4. The maximum atomic E-state index is 5.56. The normalized spacial score (nSPS) is 18.3. The van der Waals surface area contributed by atoms with Gasteiger partial charge in [0, 0.05) is 29.3 Å². The fourth-order valence-electron chi connectivity index (χ4n) is 3.15. The van der Waals surface area contributed by atoms with Crippen molar-refractivity contribution in [3.63, 3.8) is 0 Å². The summed E-state index contributed by atoms with van der Waals surface area (Å²) in [6, 6.07) is 10.4. The van der Waals surface area contributed by atoms with Crippen LogP contribution in [-0.2, 0) is 13.0 Å². The molecule has 0 spiro atoms. The van der Waals surface area contributed by atoms with Crippen molar-refractivity contribution >= 4 is 15.9 Å². The number of likely N-dealkylation sites (tertiary alicyclic amines) is 1. The Balaban J connectivity index is 1.46. The molecule has 24 heavy (non-hydrogen) atoms. The molecule has 1 fully saturated rings. The Kier molecular flexibility index (Phi) is 4.44. The van der Waals surface area contributed by atoms with Gasteiger partial charge in [-0.15, -0.1) is 0 Å². The highest BCUT2D eigenvalue weighted by Gasteiger charge is 2.30. The number of aromatic amines is 1. The minimum atomic E-state index is 0.194. The second-order valence-electron chi connectivity index (χ2n) is 6.06. The van der Waals surface area contributed by atoms with Gasteiger partial charge in [-0.3, -0.25) is 10.00 Å². The van der Waals surface area contributed by atoms with E-state index in [2.05, 4.69) is 53.3 Å². The van der Waals surface area contributed by atoms with Crippen LogP contribution in [0.15, 0.2) is 45.5 Å². The van der Waals surface area contributed by atoms with Gasteiger partial charge in [0.15, 0.2) is 5.82 Å². The number of H-pyrrole nitrogens is 1. The van der Waals surface area contributed by atoms with E-state index in [1.807, 2.05) is 18.2 Å². The van der Waals surface area contributed by atoms with E-state index in [9.17, 15) is 0 Å². The van der Waals surface area contributed by atoms with E-state index in [-0.39, 0.29) is 6.04 Å². The maximum absolute atomic E-state index is 5.56. The molecule has 4 rings (SSSR count). The second kappa shape index (κ2) is 6.86. The predicted octanol–water partition coefficient (Wildman–Crippen LogP) is 3.48. The number of benzene rings is 1. The molecule has 0 radical (unpaired) electrons. The zero-order valence-electron chi connectivity index (χ0n) is 13.2. The molecule has 3 aromatic rings. The summed E-state index contributed by atoms with van der Waals surface area (Å²) < 4.78 is 6.63. The second-order valence-corrected chi connectivity index (χ2v) is 6.98. The van der Waals surface area contributed by atoms with Crippen molar-refractivity contribution in [1.82, 2.24) is 25.2 Å². The zero-order valence-corrected chi connectivity index (χ0v) is 14.7. The predicted molar refractivity (Wildman–Crippen MR) is 92.2 cm³/mol. The Morgan fingerprint density at radius 2 is 2.12 bits per heavy atom. The molecule has 2 aromatic heterocycles. The summed E-state index contributed by atoms with van der Waals surface area (Å²) in [6.07, 6.45) is 4.66. The number of aromatic nitrogens is 4. The largest absolute Gasteiger partial charge is 0.338 e. The van der Waals surface area contributed by atoms with Crippen molar-refractivity contribution in [1.29, 1.82) is 0 Å². The van der Waals surface area contributed by atoms with Gasteiger partial charge in [-0.1, -0.05) is 33.2 Å². The summed E-state index contributed by atoms with van der Waals surface area (Å²) >= 11 is 3.45. The van der Waals surface area contributed by atoms with Gasteiger partial charge in [0.2, 0.25) is 5.89 Å². The van der Waals surface area contributed by atoms with E-state index in [4.69, 9.17) is 4.52 Å². The zero-order chi connectivity index (χ0) is 16.4. The molecule has 0 unspecified atom stereocenters. The van der Waals surface area contributed by atoms with Gasteiger partial charge >= 0.3 is 0 Å². The Labute approximate surface area is 148 Å². The van der Waals surface area contributed by atoms with E-state index in [1.165, 1.54) is 5.56 Å². The van der Waals surface area contributed by atoms with Crippen LogP contribution < -0.4 is 0 Å². The van der Waals surface area contributed by atoms with Crippen LogP contribution in [0.3, 0.4) is 0 Å². The Hall–Kier alpha value is -1.99. The molecule has 1 aliphatic rings. The minimum absolute atomic E-state index is 0.194. The molecule has 0 aliphatic carbocycles. The highest BCUT2D eigenvalue weighted by molar-refractivity contribution is 9.10. The molecule has 3 heterocycles. The Bertz CT molecular complexity index is 784.